The van der Waals surface area contributed by atoms with Crippen molar-refractivity contribution < 1.29 is 0 Å². The number of rotatable bonds is 3. The summed E-state index contributed by atoms with van der Waals surface area (Å²) in [5, 5.41) is 0. The Kier molecular flexibility index (Phi) is 5.00. The van der Waals surface area contributed by atoms with Gasteiger partial charge in [0.1, 0.15) is 0 Å². The first-order valence-electron chi connectivity index (χ1n) is 8.97. The number of hydrogen-bond donors (Lipinski definition) is 0. The van der Waals surface area contributed by atoms with E-state index in [2.05, 4.69) is 75.4 Å². The second-order valence-electron chi connectivity index (χ2n) is 7.42. The molecule has 1 fully saturated rings. The fourth-order valence-corrected chi connectivity index (χ4v) is 3.65. The summed E-state index contributed by atoms with van der Waals surface area (Å²) in [7, 11) is 0. The minimum absolute atomic E-state index is 0.778. The fraction of sp³-hybridized carbons (Fsp3) is 0.391. The highest BCUT2D eigenvalue weighted by atomic mass is 14.2. The third-order valence-corrected chi connectivity index (χ3v) is 5.10. The highest BCUT2D eigenvalue weighted by Crippen LogP contribution is 2.36. The van der Waals surface area contributed by atoms with Gasteiger partial charge in [-0.2, -0.15) is 0 Å². The normalized spacial score (nSPS) is 21.0. The molecule has 0 heterocycles. The zero-order chi connectivity index (χ0) is 16.2. The van der Waals surface area contributed by atoms with E-state index in [1.807, 2.05) is 0 Å². The van der Waals surface area contributed by atoms with E-state index in [0.29, 0.717) is 0 Å². The molecule has 0 unspecified atom stereocenters. The van der Waals surface area contributed by atoms with E-state index >= 15 is 0 Å². The monoisotopic (exact) mass is 304 g/mol. The first kappa shape index (κ1) is 16.1. The Morgan fingerprint density at radius 1 is 0.783 bits per heavy atom. The molecule has 1 aliphatic carbocycles. The Balaban J connectivity index is 1.73. The van der Waals surface area contributed by atoms with Crippen molar-refractivity contribution in [2.24, 2.45) is 5.92 Å². The van der Waals surface area contributed by atoms with Crippen molar-refractivity contribution in [1.29, 1.82) is 0 Å². The molecule has 0 amide bonds. The van der Waals surface area contributed by atoms with Gasteiger partial charge in [-0.05, 0) is 60.8 Å². The molecule has 1 aliphatic rings. The summed E-state index contributed by atoms with van der Waals surface area (Å²) in [5.74, 6) is 1.70. The highest BCUT2D eigenvalue weighted by Gasteiger charge is 2.19. The Labute approximate surface area is 141 Å². The summed E-state index contributed by atoms with van der Waals surface area (Å²) < 4.78 is 0. The van der Waals surface area contributed by atoms with Gasteiger partial charge < -0.3 is 0 Å². The van der Waals surface area contributed by atoms with E-state index in [1.54, 1.807) is 0 Å². The SMILES string of the molecule is CC(C)=Cc1ccc(-c2ccc(C3CCC(C)CC3)cc2)cc1. The minimum Gasteiger partial charge on any atom is -0.0758 e. The van der Waals surface area contributed by atoms with Crippen molar-refractivity contribution in [3.8, 4) is 11.1 Å². The molecule has 2 aromatic rings. The molecule has 0 aromatic heterocycles. The lowest BCUT2D eigenvalue weighted by Gasteiger charge is -2.26. The molecular weight excluding hydrogens is 276 g/mol. The minimum atomic E-state index is 0.778. The smallest absolute Gasteiger partial charge is 0.0162 e. The van der Waals surface area contributed by atoms with Gasteiger partial charge in [-0.1, -0.05) is 79.9 Å². The van der Waals surface area contributed by atoms with Gasteiger partial charge >= 0.3 is 0 Å². The molecule has 0 spiro atoms. The molecule has 0 heteroatoms. The van der Waals surface area contributed by atoms with Crippen LogP contribution in [0.1, 0.15) is 63.5 Å². The molecule has 1 saturated carbocycles. The van der Waals surface area contributed by atoms with Crippen molar-refractivity contribution in [3.05, 3.63) is 65.2 Å². The maximum atomic E-state index is 2.39. The molecule has 0 radical (unpaired) electrons. The number of benzene rings is 2. The summed E-state index contributed by atoms with van der Waals surface area (Å²) in [6.07, 6.45) is 7.71. The van der Waals surface area contributed by atoms with Crippen LogP contribution in [0.3, 0.4) is 0 Å². The van der Waals surface area contributed by atoms with E-state index in [-0.39, 0.29) is 0 Å². The van der Waals surface area contributed by atoms with Gasteiger partial charge in [-0.15, -0.1) is 0 Å². The Morgan fingerprint density at radius 2 is 1.30 bits per heavy atom. The van der Waals surface area contributed by atoms with Gasteiger partial charge in [0.15, 0.2) is 0 Å². The first-order chi connectivity index (χ1) is 11.1. The predicted octanol–water partition coefficient (Wildman–Crippen LogP) is 7.07. The van der Waals surface area contributed by atoms with Crippen molar-refractivity contribution in [2.45, 2.75) is 52.4 Å². The molecule has 0 bridgehead atoms. The average molecular weight is 304 g/mol. The molecule has 120 valence electrons. The summed E-state index contributed by atoms with van der Waals surface area (Å²) in [5.41, 5.74) is 6.77. The number of allylic oxidation sites excluding steroid dienone is 1. The van der Waals surface area contributed by atoms with Crippen LogP contribution in [0.2, 0.25) is 0 Å². The maximum absolute atomic E-state index is 2.39. The van der Waals surface area contributed by atoms with Crippen LogP contribution in [0.25, 0.3) is 17.2 Å². The standard InChI is InChI=1S/C23H28/c1-17(2)16-19-6-10-21(11-7-19)23-14-12-22(13-15-23)20-8-4-18(3)5-9-20/h6-7,10-16,18,20H,4-5,8-9H2,1-3H3. The zero-order valence-electron chi connectivity index (χ0n) is 14.7. The van der Waals surface area contributed by atoms with Crippen molar-refractivity contribution in [2.75, 3.05) is 0 Å². The third-order valence-electron chi connectivity index (χ3n) is 5.10. The molecule has 0 saturated heterocycles. The summed E-state index contributed by atoms with van der Waals surface area (Å²) in [6, 6.07) is 18.2. The lowest BCUT2D eigenvalue weighted by Crippen LogP contribution is -2.10. The van der Waals surface area contributed by atoms with Gasteiger partial charge in [0.05, 0.1) is 0 Å². The average Bonchev–Trinajstić information content (AvgIpc) is 2.56. The summed E-state index contributed by atoms with van der Waals surface area (Å²) >= 11 is 0. The Bertz CT molecular complexity index is 646. The molecule has 0 nitrogen and oxygen atoms in total. The second-order valence-corrected chi connectivity index (χ2v) is 7.42. The van der Waals surface area contributed by atoms with Crippen LogP contribution in [-0.4, -0.2) is 0 Å². The zero-order valence-corrected chi connectivity index (χ0v) is 14.7. The van der Waals surface area contributed by atoms with Gasteiger partial charge in [-0.25, -0.2) is 0 Å². The van der Waals surface area contributed by atoms with Crippen molar-refractivity contribution >= 4 is 6.08 Å². The van der Waals surface area contributed by atoms with E-state index < -0.39 is 0 Å². The van der Waals surface area contributed by atoms with E-state index in [9.17, 15) is 0 Å². The molecule has 2 aromatic carbocycles. The van der Waals surface area contributed by atoms with E-state index in [0.717, 1.165) is 11.8 Å². The molecular formula is C23H28. The van der Waals surface area contributed by atoms with Crippen LogP contribution in [0.15, 0.2) is 54.1 Å². The molecule has 23 heavy (non-hydrogen) atoms. The van der Waals surface area contributed by atoms with Crippen LogP contribution in [0.4, 0.5) is 0 Å². The second kappa shape index (κ2) is 7.17. The lowest BCUT2D eigenvalue weighted by molar-refractivity contribution is 0.348. The van der Waals surface area contributed by atoms with Crippen molar-refractivity contribution in [3.63, 3.8) is 0 Å². The molecule has 0 aliphatic heterocycles. The topological polar surface area (TPSA) is 0 Å². The van der Waals surface area contributed by atoms with Crippen LogP contribution >= 0.6 is 0 Å². The van der Waals surface area contributed by atoms with Gasteiger partial charge in [0, 0.05) is 0 Å². The third kappa shape index (κ3) is 4.13. The summed E-state index contributed by atoms with van der Waals surface area (Å²) in [6.45, 7) is 6.66. The highest BCUT2D eigenvalue weighted by molar-refractivity contribution is 5.66. The van der Waals surface area contributed by atoms with Gasteiger partial charge in [-0.3, -0.25) is 0 Å². The summed E-state index contributed by atoms with van der Waals surface area (Å²) in [4.78, 5) is 0. The lowest BCUT2D eigenvalue weighted by atomic mass is 9.79. The molecule has 0 atom stereocenters. The van der Waals surface area contributed by atoms with Gasteiger partial charge in [0.25, 0.3) is 0 Å². The largest absolute Gasteiger partial charge is 0.0758 e. The first-order valence-corrected chi connectivity index (χ1v) is 8.97. The van der Waals surface area contributed by atoms with Crippen LogP contribution < -0.4 is 0 Å². The van der Waals surface area contributed by atoms with E-state index in [4.69, 9.17) is 0 Å². The Hall–Kier alpha value is -1.82. The van der Waals surface area contributed by atoms with Crippen molar-refractivity contribution in [1.82, 2.24) is 0 Å². The quantitative estimate of drug-likeness (QED) is 0.569. The van der Waals surface area contributed by atoms with Crippen LogP contribution in [0.5, 0.6) is 0 Å². The predicted molar refractivity (Wildman–Crippen MR) is 102 cm³/mol. The molecule has 3 rings (SSSR count). The Morgan fingerprint density at radius 3 is 1.83 bits per heavy atom. The van der Waals surface area contributed by atoms with Gasteiger partial charge in [0.2, 0.25) is 0 Å². The maximum Gasteiger partial charge on any atom is -0.0162 e. The fourth-order valence-electron chi connectivity index (χ4n) is 3.65. The number of hydrogen-bond acceptors (Lipinski definition) is 0. The van der Waals surface area contributed by atoms with E-state index in [1.165, 1.54) is 53.5 Å². The van der Waals surface area contributed by atoms with Crippen LogP contribution in [0, 0.1) is 5.92 Å². The molecule has 0 N–H and O–H groups in total. The van der Waals surface area contributed by atoms with Crippen LogP contribution in [-0.2, 0) is 0 Å².